The molecule has 0 aromatic heterocycles. The molecule has 17 nitrogen and oxygen atoms in total. The third-order valence-electron chi connectivity index (χ3n) is 17.9. The lowest BCUT2D eigenvalue weighted by Gasteiger charge is -2.21. The lowest BCUT2D eigenvalue weighted by Crippen LogP contribution is -2.30. The summed E-state index contributed by atoms with van der Waals surface area (Å²) in [6.07, 6.45) is 50.3. The second kappa shape index (κ2) is 65.4. The zero-order valence-corrected chi connectivity index (χ0v) is 64.1. The molecule has 0 fully saturated rings. The van der Waals surface area contributed by atoms with Gasteiger partial charge in [0.2, 0.25) is 0 Å². The van der Waals surface area contributed by atoms with Crippen LogP contribution in [0.3, 0.4) is 0 Å². The Hall–Kier alpha value is -1.94. The predicted octanol–water partition coefficient (Wildman–Crippen LogP) is 22.0. The van der Waals surface area contributed by atoms with Crippen molar-refractivity contribution in [1.29, 1.82) is 0 Å². The molecule has 0 rings (SSSR count). The first kappa shape index (κ1) is 93.1. The van der Waals surface area contributed by atoms with E-state index in [-0.39, 0.29) is 25.7 Å². The Morgan fingerprint density at radius 1 is 0.295 bits per heavy atom. The minimum atomic E-state index is -4.96. The van der Waals surface area contributed by atoms with Crippen molar-refractivity contribution in [3.63, 3.8) is 0 Å². The van der Waals surface area contributed by atoms with E-state index in [0.29, 0.717) is 31.6 Å². The Morgan fingerprint density at radius 2 is 0.505 bits per heavy atom. The van der Waals surface area contributed by atoms with Gasteiger partial charge < -0.3 is 33.8 Å². The summed E-state index contributed by atoms with van der Waals surface area (Å²) in [6, 6.07) is 0. The number of phosphoric acid groups is 2. The van der Waals surface area contributed by atoms with Crippen molar-refractivity contribution >= 4 is 39.5 Å². The summed E-state index contributed by atoms with van der Waals surface area (Å²) >= 11 is 0. The molecule has 0 bridgehead atoms. The zero-order chi connectivity index (χ0) is 70.3. The van der Waals surface area contributed by atoms with Gasteiger partial charge in [0.25, 0.3) is 0 Å². The fraction of sp³-hybridized carbons (Fsp3) is 0.947. The third-order valence-corrected chi connectivity index (χ3v) is 19.8. The van der Waals surface area contributed by atoms with Crippen LogP contribution in [-0.2, 0) is 65.4 Å². The van der Waals surface area contributed by atoms with Crippen molar-refractivity contribution in [2.45, 2.75) is 401 Å². The van der Waals surface area contributed by atoms with E-state index < -0.39 is 97.5 Å². The standard InChI is InChI=1S/C76H148O17P2/c1-9-69(8)55-47-39-33-35-41-49-57-74(79)87-63-72(93-76(81)59-51-43-34-32-38-46-54-68(6)7)65-91-95(84,85)89-61-70(77)60-88-94(82,83)90-64-71(92-75(80)58-50-42-31-27-23-19-15-14-17-21-25-29-37-45-53-67(4)5)62-86-73(78)56-48-40-30-26-22-18-13-11-10-12-16-20-24-28-36-44-52-66(2)3/h66-72,77H,9-65H2,1-8H3,(H,82,83)(H,84,85)/t69?,70-,71-,72-/m1/s1. The highest BCUT2D eigenvalue weighted by molar-refractivity contribution is 7.47. The highest BCUT2D eigenvalue weighted by Gasteiger charge is 2.30. The van der Waals surface area contributed by atoms with Gasteiger partial charge in [0.05, 0.1) is 26.4 Å². The number of carbonyl (C=O) groups excluding carboxylic acids is 4. The lowest BCUT2D eigenvalue weighted by molar-refractivity contribution is -0.161. The van der Waals surface area contributed by atoms with Crippen LogP contribution in [0.2, 0.25) is 0 Å². The Balaban J connectivity index is 5.20. The maximum atomic E-state index is 13.1. The molecule has 564 valence electrons. The minimum Gasteiger partial charge on any atom is -0.462 e. The van der Waals surface area contributed by atoms with Gasteiger partial charge in [0, 0.05) is 25.7 Å². The highest BCUT2D eigenvalue weighted by Crippen LogP contribution is 2.45. The maximum Gasteiger partial charge on any atom is 0.472 e. The van der Waals surface area contributed by atoms with E-state index in [4.69, 9.17) is 37.0 Å². The van der Waals surface area contributed by atoms with Crippen molar-refractivity contribution in [3.8, 4) is 0 Å². The van der Waals surface area contributed by atoms with Crippen LogP contribution in [0, 0.1) is 23.7 Å². The van der Waals surface area contributed by atoms with Crippen LogP contribution in [0.25, 0.3) is 0 Å². The van der Waals surface area contributed by atoms with Gasteiger partial charge in [-0.1, -0.05) is 331 Å². The number of rotatable bonds is 73. The molecule has 0 saturated carbocycles. The Bertz CT molecular complexity index is 1870. The third kappa shape index (κ3) is 69.0. The Labute approximate surface area is 581 Å². The molecular formula is C76H148O17P2. The van der Waals surface area contributed by atoms with E-state index in [2.05, 4.69) is 55.4 Å². The summed E-state index contributed by atoms with van der Waals surface area (Å²) in [6.45, 7) is 14.1. The molecule has 0 aliphatic heterocycles. The van der Waals surface area contributed by atoms with Crippen LogP contribution in [-0.4, -0.2) is 96.7 Å². The van der Waals surface area contributed by atoms with Gasteiger partial charge >= 0.3 is 39.5 Å². The molecule has 0 amide bonds. The number of aliphatic hydroxyl groups is 1. The largest absolute Gasteiger partial charge is 0.472 e. The number of phosphoric ester groups is 2. The van der Waals surface area contributed by atoms with Crippen LogP contribution >= 0.6 is 15.6 Å². The quantitative estimate of drug-likeness (QED) is 0.0222. The second-order valence-electron chi connectivity index (χ2n) is 29.1. The molecule has 19 heteroatoms. The Morgan fingerprint density at radius 3 is 0.747 bits per heavy atom. The van der Waals surface area contributed by atoms with Crippen molar-refractivity contribution in [1.82, 2.24) is 0 Å². The molecule has 3 unspecified atom stereocenters. The molecule has 0 spiro atoms. The summed E-state index contributed by atoms with van der Waals surface area (Å²) in [7, 11) is -9.91. The van der Waals surface area contributed by atoms with Crippen LogP contribution in [0.5, 0.6) is 0 Å². The molecule has 0 aromatic carbocycles. The normalized spacial score (nSPS) is 14.4. The number of esters is 4. The van der Waals surface area contributed by atoms with E-state index in [9.17, 15) is 43.2 Å². The summed E-state index contributed by atoms with van der Waals surface area (Å²) < 4.78 is 68.4. The average Bonchev–Trinajstić information content (AvgIpc) is 1.92. The van der Waals surface area contributed by atoms with Crippen LogP contribution in [0.1, 0.15) is 383 Å². The van der Waals surface area contributed by atoms with Gasteiger partial charge in [-0.3, -0.25) is 37.3 Å². The van der Waals surface area contributed by atoms with Gasteiger partial charge in [-0.15, -0.1) is 0 Å². The van der Waals surface area contributed by atoms with Crippen molar-refractivity contribution in [2.75, 3.05) is 39.6 Å². The van der Waals surface area contributed by atoms with Gasteiger partial charge in [0.15, 0.2) is 12.2 Å². The molecule has 95 heavy (non-hydrogen) atoms. The number of hydrogen-bond acceptors (Lipinski definition) is 15. The Kier molecular flexibility index (Phi) is 64.0. The van der Waals surface area contributed by atoms with Gasteiger partial charge in [0.1, 0.15) is 19.3 Å². The topological polar surface area (TPSA) is 237 Å². The molecule has 0 aliphatic carbocycles. The number of unbranched alkanes of at least 4 members (excludes halogenated alkanes) is 38. The summed E-state index contributed by atoms with van der Waals surface area (Å²) in [5, 5.41) is 10.6. The zero-order valence-electron chi connectivity index (χ0n) is 62.3. The average molecular weight is 1400 g/mol. The van der Waals surface area contributed by atoms with Gasteiger partial charge in [-0.2, -0.15) is 0 Å². The number of carbonyl (C=O) groups is 4. The number of aliphatic hydroxyl groups excluding tert-OH is 1. The minimum absolute atomic E-state index is 0.101. The summed E-state index contributed by atoms with van der Waals surface area (Å²) in [4.78, 5) is 72.7. The second-order valence-corrected chi connectivity index (χ2v) is 32.0. The van der Waals surface area contributed by atoms with Crippen molar-refractivity contribution < 1.29 is 80.2 Å². The van der Waals surface area contributed by atoms with E-state index in [1.54, 1.807) is 0 Å². The van der Waals surface area contributed by atoms with E-state index >= 15 is 0 Å². The van der Waals surface area contributed by atoms with Crippen LogP contribution in [0.15, 0.2) is 0 Å². The van der Waals surface area contributed by atoms with Crippen LogP contribution < -0.4 is 0 Å². The maximum absolute atomic E-state index is 13.1. The fourth-order valence-corrected chi connectivity index (χ4v) is 13.1. The SMILES string of the molecule is CCC(C)CCCCCCCCC(=O)OC[C@H](COP(=O)(O)OC[C@H](O)COP(=O)(O)OC[C@@H](COC(=O)CCCCCCCCCCCCCCCCCCC(C)C)OC(=O)CCCCCCCCCCCCCCCCC(C)C)OC(=O)CCCCCCCCC(C)C. The molecule has 0 aromatic rings. The summed E-state index contributed by atoms with van der Waals surface area (Å²) in [5.74, 6) is 0.881. The molecule has 0 aliphatic rings. The van der Waals surface area contributed by atoms with Crippen molar-refractivity contribution in [3.05, 3.63) is 0 Å². The fourth-order valence-electron chi connectivity index (χ4n) is 11.5. The molecule has 0 saturated heterocycles. The van der Waals surface area contributed by atoms with E-state index in [1.165, 1.54) is 180 Å². The van der Waals surface area contributed by atoms with E-state index in [1.807, 2.05) is 0 Å². The molecule has 0 heterocycles. The number of ether oxygens (including phenoxy) is 4. The van der Waals surface area contributed by atoms with E-state index in [0.717, 1.165) is 114 Å². The number of hydrogen-bond donors (Lipinski definition) is 3. The van der Waals surface area contributed by atoms with Crippen molar-refractivity contribution in [2.24, 2.45) is 23.7 Å². The summed E-state index contributed by atoms with van der Waals surface area (Å²) in [5.41, 5.74) is 0. The van der Waals surface area contributed by atoms with Crippen LogP contribution in [0.4, 0.5) is 0 Å². The molecular weight excluding hydrogens is 1250 g/mol. The van der Waals surface area contributed by atoms with Gasteiger partial charge in [-0.05, 0) is 49.4 Å². The predicted molar refractivity (Wildman–Crippen MR) is 386 cm³/mol. The molecule has 6 atom stereocenters. The highest BCUT2D eigenvalue weighted by atomic mass is 31.2. The smallest absolute Gasteiger partial charge is 0.462 e. The first-order valence-electron chi connectivity index (χ1n) is 39.2. The molecule has 3 N–H and O–H groups in total. The first-order valence-corrected chi connectivity index (χ1v) is 42.2. The van der Waals surface area contributed by atoms with Gasteiger partial charge in [-0.25, -0.2) is 9.13 Å². The molecule has 0 radical (unpaired) electrons. The lowest BCUT2D eigenvalue weighted by atomic mass is 10.00. The monoisotopic (exact) mass is 1400 g/mol. The first-order chi connectivity index (χ1) is 45.6.